The smallest absolute Gasteiger partial charge is 0.0894 e. The van der Waals surface area contributed by atoms with Gasteiger partial charge >= 0.3 is 0 Å². The quantitative estimate of drug-likeness (QED) is 0.368. The van der Waals surface area contributed by atoms with Gasteiger partial charge in [0.25, 0.3) is 0 Å². The largest absolute Gasteiger partial charge is 0.251 e. The van der Waals surface area contributed by atoms with Crippen molar-refractivity contribution >= 4 is 0 Å². The van der Waals surface area contributed by atoms with Gasteiger partial charge in [0.1, 0.15) is 0 Å². The van der Waals surface area contributed by atoms with Crippen LogP contribution < -0.4 is 0 Å². The van der Waals surface area contributed by atoms with E-state index in [2.05, 4.69) is 55.5 Å². The van der Waals surface area contributed by atoms with E-state index in [1.165, 1.54) is 80.9 Å². The summed E-state index contributed by atoms with van der Waals surface area (Å²) in [5.41, 5.74) is 5.62. The van der Waals surface area contributed by atoms with Crippen molar-refractivity contribution in [3.8, 4) is 11.1 Å². The summed E-state index contributed by atoms with van der Waals surface area (Å²) >= 11 is 0. The Morgan fingerprint density at radius 2 is 1.09 bits per heavy atom. The maximum absolute atomic E-state index is 12.4. The molecule has 0 N–H and O–H groups in total. The molecule has 4 rings (SSSR count). The van der Waals surface area contributed by atoms with Gasteiger partial charge in [0.05, 0.1) is 6.67 Å². The molecule has 0 aliphatic heterocycles. The maximum Gasteiger partial charge on any atom is 0.0894 e. The van der Waals surface area contributed by atoms with Crippen molar-refractivity contribution in [2.45, 2.75) is 96.3 Å². The lowest BCUT2D eigenvalue weighted by Gasteiger charge is -2.32. The number of hydrogen-bond donors (Lipinski definition) is 0. The molecule has 174 valence electrons. The fraction of sp³-hybridized carbons (Fsp3) is 0.613. The zero-order chi connectivity index (χ0) is 22.2. The van der Waals surface area contributed by atoms with Crippen LogP contribution in [0.1, 0.15) is 101 Å². The topological polar surface area (TPSA) is 0 Å². The predicted molar refractivity (Wildman–Crippen MR) is 136 cm³/mol. The SMILES string of the molecule is CCc1ccc(-c2ccc([C@H]3CC[C@H](CC[C@H]4CC[C@H](CCCF)CC4)CC3)cc2)cc1. The van der Waals surface area contributed by atoms with Crippen LogP contribution in [-0.2, 0) is 6.42 Å². The lowest BCUT2D eigenvalue weighted by atomic mass is 9.74. The fourth-order valence-electron chi connectivity index (χ4n) is 6.31. The van der Waals surface area contributed by atoms with Crippen LogP contribution in [0.4, 0.5) is 4.39 Å². The minimum atomic E-state index is -0.125. The van der Waals surface area contributed by atoms with Gasteiger partial charge < -0.3 is 0 Å². The molecule has 0 spiro atoms. The summed E-state index contributed by atoms with van der Waals surface area (Å²) in [6, 6.07) is 18.4. The highest BCUT2D eigenvalue weighted by atomic mass is 19.1. The molecule has 2 aliphatic rings. The second-order valence-electron chi connectivity index (χ2n) is 10.7. The van der Waals surface area contributed by atoms with Crippen LogP contribution in [0.15, 0.2) is 48.5 Å². The van der Waals surface area contributed by atoms with Crippen molar-refractivity contribution < 1.29 is 4.39 Å². The van der Waals surface area contributed by atoms with Gasteiger partial charge in [0.15, 0.2) is 0 Å². The molecule has 0 atom stereocenters. The molecule has 0 amide bonds. The molecule has 2 saturated carbocycles. The van der Waals surface area contributed by atoms with E-state index in [4.69, 9.17) is 0 Å². The average molecular weight is 435 g/mol. The molecular weight excluding hydrogens is 391 g/mol. The molecule has 0 radical (unpaired) electrons. The first-order valence-corrected chi connectivity index (χ1v) is 13.5. The van der Waals surface area contributed by atoms with Crippen molar-refractivity contribution in [2.24, 2.45) is 17.8 Å². The molecule has 0 heterocycles. The summed E-state index contributed by atoms with van der Waals surface area (Å²) < 4.78 is 12.4. The second kappa shape index (κ2) is 12.0. The summed E-state index contributed by atoms with van der Waals surface area (Å²) in [5, 5.41) is 0. The van der Waals surface area contributed by atoms with Crippen LogP contribution in [-0.4, -0.2) is 6.67 Å². The molecule has 2 fully saturated rings. The Bertz CT molecular complexity index is 774. The molecule has 2 aromatic carbocycles. The zero-order valence-corrected chi connectivity index (χ0v) is 20.2. The molecular formula is C31H43F. The van der Waals surface area contributed by atoms with Crippen LogP contribution >= 0.6 is 0 Å². The molecule has 2 aliphatic carbocycles. The number of alkyl halides is 1. The Balaban J connectivity index is 1.18. The van der Waals surface area contributed by atoms with Crippen LogP contribution in [0.5, 0.6) is 0 Å². The fourth-order valence-corrected chi connectivity index (χ4v) is 6.31. The molecule has 0 unspecified atom stereocenters. The highest BCUT2D eigenvalue weighted by Gasteiger charge is 2.25. The molecule has 0 bridgehead atoms. The standard InChI is InChI=1S/C31H43F/c1-2-24-11-15-28(16-12-24)30-19-21-31(22-20-30)29-17-13-27(14-18-29)10-9-26-7-5-25(6-8-26)4-3-23-32/h11-12,15-16,19-22,25-27,29H,2-10,13-14,17-18,23H2,1H3/t25-,26-,27-,29-. The second-order valence-corrected chi connectivity index (χ2v) is 10.7. The van der Waals surface area contributed by atoms with Gasteiger partial charge in [0, 0.05) is 0 Å². The number of benzene rings is 2. The lowest BCUT2D eigenvalue weighted by Crippen LogP contribution is -2.18. The molecule has 32 heavy (non-hydrogen) atoms. The van der Waals surface area contributed by atoms with Crippen molar-refractivity contribution in [3.63, 3.8) is 0 Å². The Morgan fingerprint density at radius 1 is 0.625 bits per heavy atom. The van der Waals surface area contributed by atoms with Crippen LogP contribution in [0.2, 0.25) is 0 Å². The van der Waals surface area contributed by atoms with Gasteiger partial charge in [-0.05, 0) is 90.9 Å². The van der Waals surface area contributed by atoms with Crippen LogP contribution in [0.25, 0.3) is 11.1 Å². The number of hydrogen-bond acceptors (Lipinski definition) is 0. The number of halogens is 1. The zero-order valence-electron chi connectivity index (χ0n) is 20.2. The summed E-state index contributed by atoms with van der Waals surface area (Å²) in [5.74, 6) is 3.48. The van der Waals surface area contributed by atoms with Gasteiger partial charge in [-0.15, -0.1) is 0 Å². The Kier molecular flexibility index (Phi) is 8.83. The van der Waals surface area contributed by atoms with Crippen molar-refractivity contribution in [2.75, 3.05) is 6.67 Å². The summed E-state index contributed by atoms with van der Waals surface area (Å²) in [6.45, 7) is 2.08. The monoisotopic (exact) mass is 434 g/mol. The Morgan fingerprint density at radius 3 is 1.59 bits per heavy atom. The average Bonchev–Trinajstić information content (AvgIpc) is 2.87. The minimum Gasteiger partial charge on any atom is -0.251 e. The highest BCUT2D eigenvalue weighted by molar-refractivity contribution is 5.64. The summed E-state index contributed by atoms with van der Waals surface area (Å²) in [4.78, 5) is 0. The number of rotatable bonds is 9. The normalized spacial score (nSPS) is 26.2. The lowest BCUT2D eigenvalue weighted by molar-refractivity contribution is 0.220. The first-order valence-electron chi connectivity index (χ1n) is 13.5. The van der Waals surface area contributed by atoms with E-state index in [0.29, 0.717) is 0 Å². The first-order chi connectivity index (χ1) is 15.7. The molecule has 0 saturated heterocycles. The summed E-state index contributed by atoms with van der Waals surface area (Å²) in [7, 11) is 0. The van der Waals surface area contributed by atoms with E-state index in [9.17, 15) is 4.39 Å². The Hall–Kier alpha value is -1.63. The number of aryl methyl sites for hydroxylation is 1. The Labute approximate surface area is 196 Å². The third-order valence-electron chi connectivity index (χ3n) is 8.62. The highest BCUT2D eigenvalue weighted by Crippen LogP contribution is 2.40. The maximum atomic E-state index is 12.4. The van der Waals surface area contributed by atoms with E-state index >= 15 is 0 Å². The molecule has 0 aromatic heterocycles. The third kappa shape index (κ3) is 6.46. The van der Waals surface area contributed by atoms with Gasteiger partial charge in [0.2, 0.25) is 0 Å². The van der Waals surface area contributed by atoms with Crippen molar-refractivity contribution in [3.05, 3.63) is 59.7 Å². The van der Waals surface area contributed by atoms with E-state index in [1.54, 1.807) is 5.56 Å². The van der Waals surface area contributed by atoms with Crippen molar-refractivity contribution in [1.82, 2.24) is 0 Å². The molecule has 0 nitrogen and oxygen atoms in total. The first kappa shape index (κ1) is 23.5. The molecule has 2 aromatic rings. The summed E-state index contributed by atoms with van der Waals surface area (Å²) in [6.07, 6.45) is 17.0. The van der Waals surface area contributed by atoms with Gasteiger partial charge in [-0.2, -0.15) is 0 Å². The molecule has 1 heteroatoms. The minimum absolute atomic E-state index is 0.125. The van der Waals surface area contributed by atoms with Crippen LogP contribution in [0, 0.1) is 17.8 Å². The van der Waals surface area contributed by atoms with E-state index in [-0.39, 0.29) is 6.67 Å². The van der Waals surface area contributed by atoms with E-state index in [0.717, 1.165) is 42.9 Å². The van der Waals surface area contributed by atoms with E-state index in [1.807, 2.05) is 0 Å². The van der Waals surface area contributed by atoms with Gasteiger partial charge in [-0.3, -0.25) is 4.39 Å². The van der Waals surface area contributed by atoms with Crippen LogP contribution in [0.3, 0.4) is 0 Å². The predicted octanol–water partition coefficient (Wildman–Crippen LogP) is 9.53. The third-order valence-corrected chi connectivity index (χ3v) is 8.62. The van der Waals surface area contributed by atoms with Gasteiger partial charge in [-0.25, -0.2) is 0 Å². The van der Waals surface area contributed by atoms with Gasteiger partial charge in [-0.1, -0.05) is 94.0 Å². The van der Waals surface area contributed by atoms with Crippen molar-refractivity contribution in [1.29, 1.82) is 0 Å². The van der Waals surface area contributed by atoms with E-state index < -0.39 is 0 Å².